The average molecular weight is 1870 g/mol. The molecule has 0 spiro atoms. The average Bonchev–Trinajstić information content (AvgIpc) is 0.820. The van der Waals surface area contributed by atoms with Crippen molar-refractivity contribution in [2.45, 2.75) is 242 Å². The molecule has 0 aliphatic rings. The lowest BCUT2D eigenvalue weighted by molar-refractivity contribution is -0.141. The van der Waals surface area contributed by atoms with Crippen LogP contribution in [0.4, 0.5) is 0 Å². The van der Waals surface area contributed by atoms with E-state index in [-0.39, 0.29) is 83.2 Å². The van der Waals surface area contributed by atoms with Crippen LogP contribution in [0.15, 0.2) is 54.6 Å². The van der Waals surface area contributed by atoms with E-state index in [0.717, 1.165) is 13.8 Å². The van der Waals surface area contributed by atoms with Gasteiger partial charge in [0.05, 0.1) is 44.7 Å². The van der Waals surface area contributed by atoms with E-state index in [4.69, 9.17) is 50.6 Å². The standard InChI is InChI=1S/C80H130N28O24/c1-10-37(3)60(63(83)118)106-66(121)41(7)96-72(127)52(32-55(81)113)103-69(124)49(22-17-29-92-80(88)89)100-68(123)47(20-15-27-90-78(84)85)98-57(115)35-94-76(131)62(43(9)111)108-70(125)48(21-16-28-91-79(86)87)99-56(114)34-93-67(122)54(36-109)105-65(120)40(6)97-77(132)61(38(4)11-2)107-74(129)51(30-44-18-13-12-14-19-44)102-73(128)53(33-58(116)117)101-64(119)39(5)95-71(126)50(104-75(130)59(82)42(8)110)31-45-23-25-46(112)26-24-45/h12-14,18-19,23-26,37-43,47-54,59-62,109-112H,10-11,15-17,20-22,27-36,82H2,1-9H3,(H2,81,113)(H2,83,118)(H,93,122)(H,94,131)(H,95,126)(H,96,127)(H,97,132)(H,98,115)(H,99,114)(H,100,123)(H,101,119)(H,102,128)(H,103,124)(H,104,130)(H,105,120)(H,106,121)(H,107,129)(H,108,125)(H,116,117)(H4,84,85,90)(H4,86,87,91)(H4,88,89,92). The molecule has 0 aliphatic carbocycles. The summed E-state index contributed by atoms with van der Waals surface area (Å²) in [6, 6.07) is -10.6. The normalized spacial score (nSPS) is 15.2. The number of amides is 18. The first-order chi connectivity index (χ1) is 61.9. The molecule has 18 amide bonds. The number of carboxylic acids is 1. The SMILES string of the molecule is CCC(C)C(NC(=O)C(C)NC(=O)C(CC(N)=O)NC(=O)C(CCCNC(=N)N)NC(=O)C(CCCNC(=N)N)NC(=O)CNC(=O)C(NC(=O)C(CCCNC(=N)N)NC(=O)CNC(=O)C(CO)NC(=O)C(C)NC(=O)C(NC(=O)C(Cc1ccccc1)NC(=O)C(CC(=O)O)NC(=O)C(C)NC(=O)C(Cc1ccc(O)cc1)NC(=O)C(N)C(C)O)C(C)CC)C(C)O)C(N)=O. The summed E-state index contributed by atoms with van der Waals surface area (Å²) in [5, 5.41) is 119. The number of phenols is 1. The Labute approximate surface area is 760 Å². The number of aliphatic hydroxyl groups excluding tert-OH is 3. The van der Waals surface area contributed by atoms with Crippen LogP contribution < -0.4 is 135 Å². The molecule has 2 aromatic rings. The summed E-state index contributed by atoms with van der Waals surface area (Å²) in [5.74, 6) is -23.6. The van der Waals surface area contributed by atoms with Crippen molar-refractivity contribution in [2.24, 2.45) is 46.2 Å². The Morgan fingerprint density at radius 1 is 0.356 bits per heavy atom. The van der Waals surface area contributed by atoms with E-state index in [2.05, 4.69) is 101 Å². The number of hydrogen-bond acceptors (Lipinski definition) is 27. The number of guanidine groups is 3. The van der Waals surface area contributed by atoms with Crippen molar-refractivity contribution in [3.8, 4) is 5.75 Å². The highest BCUT2D eigenvalue weighted by Crippen LogP contribution is 2.16. The van der Waals surface area contributed by atoms with Gasteiger partial charge in [0.2, 0.25) is 106 Å². The number of benzene rings is 2. The number of aliphatic hydroxyl groups is 3. The third-order valence-corrected chi connectivity index (χ3v) is 20.3. The topological polar surface area (TPSA) is 882 Å². The molecule has 2 rings (SSSR count). The van der Waals surface area contributed by atoms with Gasteiger partial charge in [-0.25, -0.2) is 0 Å². The van der Waals surface area contributed by atoms with Crippen molar-refractivity contribution in [1.29, 1.82) is 16.2 Å². The number of aromatic hydroxyl groups is 1. The summed E-state index contributed by atoms with van der Waals surface area (Å²) in [5.41, 5.74) is 33.9. The molecule has 0 radical (unpaired) electrons. The highest BCUT2D eigenvalue weighted by molar-refractivity contribution is 6.02. The summed E-state index contributed by atoms with van der Waals surface area (Å²) in [7, 11) is 0. The predicted molar refractivity (Wildman–Crippen MR) is 472 cm³/mol. The summed E-state index contributed by atoms with van der Waals surface area (Å²) < 4.78 is 0. The Balaban J connectivity index is 2.34. The minimum absolute atomic E-state index is 0.0108. The molecule has 52 heteroatoms. The summed E-state index contributed by atoms with van der Waals surface area (Å²) in [4.78, 5) is 258. The third-order valence-electron chi connectivity index (χ3n) is 20.3. The van der Waals surface area contributed by atoms with Crippen LogP contribution in [0.3, 0.4) is 0 Å². The molecule has 19 unspecified atom stereocenters. The van der Waals surface area contributed by atoms with Crippen LogP contribution in [0, 0.1) is 28.1 Å². The Bertz CT molecular complexity index is 4320. The lowest BCUT2D eigenvalue weighted by atomic mass is 9.96. The Kier molecular flexibility index (Phi) is 50.4. The fraction of sp³-hybridized carbons (Fsp3) is 0.575. The minimum Gasteiger partial charge on any atom is -0.508 e. The van der Waals surface area contributed by atoms with Crippen LogP contribution in [0.1, 0.15) is 138 Å². The van der Waals surface area contributed by atoms with Gasteiger partial charge in [0, 0.05) is 32.5 Å². The second-order valence-electron chi connectivity index (χ2n) is 31.3. The molecule has 132 heavy (non-hydrogen) atoms. The number of nitrogens with two attached hydrogens (primary N) is 6. The molecule has 19 atom stereocenters. The molecule has 2 aromatic carbocycles. The molecule has 0 saturated heterocycles. The largest absolute Gasteiger partial charge is 0.508 e. The molecule has 0 aliphatic heterocycles. The molecule has 734 valence electrons. The van der Waals surface area contributed by atoms with Crippen molar-refractivity contribution in [3.05, 3.63) is 65.7 Å². The maximum absolute atomic E-state index is 14.5. The molecule has 0 saturated carbocycles. The van der Waals surface area contributed by atoms with Gasteiger partial charge in [-0.15, -0.1) is 0 Å². The smallest absolute Gasteiger partial charge is 0.305 e. The Morgan fingerprint density at radius 2 is 0.697 bits per heavy atom. The fourth-order valence-corrected chi connectivity index (χ4v) is 12.2. The molecule has 52 nitrogen and oxygen atoms in total. The predicted octanol–water partition coefficient (Wildman–Crippen LogP) is -11.9. The zero-order chi connectivity index (χ0) is 99.9. The molecular weight excluding hydrogens is 1740 g/mol. The van der Waals surface area contributed by atoms with Gasteiger partial charge in [-0.2, -0.15) is 0 Å². The lowest BCUT2D eigenvalue weighted by Crippen LogP contribution is -2.61. The zero-order valence-electron chi connectivity index (χ0n) is 74.9. The van der Waals surface area contributed by atoms with Crippen LogP contribution in [-0.4, -0.2) is 298 Å². The van der Waals surface area contributed by atoms with E-state index >= 15 is 0 Å². The zero-order valence-corrected chi connectivity index (χ0v) is 74.9. The minimum atomic E-state index is -1.94. The third kappa shape index (κ3) is 42.8. The van der Waals surface area contributed by atoms with E-state index in [9.17, 15) is 117 Å². The monoisotopic (exact) mass is 1870 g/mol. The maximum Gasteiger partial charge on any atom is 0.305 e. The van der Waals surface area contributed by atoms with Crippen LogP contribution >= 0.6 is 0 Å². The second-order valence-corrected chi connectivity index (χ2v) is 31.3. The highest BCUT2D eigenvalue weighted by Gasteiger charge is 2.39. The van der Waals surface area contributed by atoms with E-state index < -0.39 is 277 Å². The van der Waals surface area contributed by atoms with Crippen LogP contribution in [-0.2, 0) is 104 Å². The van der Waals surface area contributed by atoms with Crippen molar-refractivity contribution >= 4 is 130 Å². The summed E-state index contributed by atoms with van der Waals surface area (Å²) >= 11 is 0. The van der Waals surface area contributed by atoms with Gasteiger partial charge in [-0.1, -0.05) is 83.0 Å². The van der Waals surface area contributed by atoms with Crippen LogP contribution in [0.5, 0.6) is 5.75 Å². The molecule has 0 aromatic heterocycles. The number of primary amides is 2. The number of rotatable bonds is 60. The van der Waals surface area contributed by atoms with Gasteiger partial charge in [0.25, 0.3) is 0 Å². The number of aliphatic carboxylic acids is 1. The van der Waals surface area contributed by atoms with Gasteiger partial charge in [0.1, 0.15) is 96.4 Å². The van der Waals surface area contributed by atoms with Crippen molar-refractivity contribution < 1.29 is 117 Å². The van der Waals surface area contributed by atoms with Gasteiger partial charge in [0.15, 0.2) is 17.9 Å². The van der Waals surface area contributed by atoms with Gasteiger partial charge >= 0.3 is 5.97 Å². The molecular formula is C80H130N28O24. The number of carbonyl (C=O) groups excluding carboxylic acids is 18. The first-order valence-electron chi connectivity index (χ1n) is 42.3. The fourth-order valence-electron chi connectivity index (χ4n) is 12.2. The first-order valence-corrected chi connectivity index (χ1v) is 42.3. The maximum atomic E-state index is 14.5. The summed E-state index contributed by atoms with van der Waals surface area (Å²) in [6.45, 7) is 9.19. The second kappa shape index (κ2) is 58.4. The molecule has 0 bridgehead atoms. The number of phenolic OH excluding ortho intramolecular Hbond substituents is 1. The number of hydrogen-bond donors (Lipinski definition) is 33. The Morgan fingerprint density at radius 3 is 1.12 bits per heavy atom. The van der Waals surface area contributed by atoms with Crippen LogP contribution in [0.2, 0.25) is 0 Å². The summed E-state index contributed by atoms with van der Waals surface area (Å²) in [6.07, 6.45) is -5.85. The number of nitrogens with one attached hydrogen (secondary N) is 22. The van der Waals surface area contributed by atoms with Gasteiger partial charge in [-0.05, 0) is 108 Å². The number of carboxylic acid groups (broad SMARTS) is 1. The van der Waals surface area contributed by atoms with Crippen molar-refractivity contribution in [1.82, 2.24) is 101 Å². The highest BCUT2D eigenvalue weighted by atomic mass is 16.4. The quantitative estimate of drug-likeness (QED) is 0.0166. The van der Waals surface area contributed by atoms with Gasteiger partial charge in [-0.3, -0.25) is 107 Å². The van der Waals surface area contributed by atoms with E-state index in [0.29, 0.717) is 17.5 Å². The van der Waals surface area contributed by atoms with Gasteiger partial charge < -0.3 is 161 Å². The van der Waals surface area contributed by atoms with E-state index in [1.54, 1.807) is 58.0 Å². The van der Waals surface area contributed by atoms with E-state index in [1.807, 2.05) is 0 Å². The Hall–Kier alpha value is -14.2. The van der Waals surface area contributed by atoms with E-state index in [1.165, 1.54) is 45.0 Å². The number of carbonyl (C=O) groups is 19. The lowest BCUT2D eigenvalue weighted by Gasteiger charge is -2.29. The van der Waals surface area contributed by atoms with Crippen molar-refractivity contribution in [2.75, 3.05) is 39.3 Å². The first kappa shape index (κ1) is 114. The van der Waals surface area contributed by atoms with Crippen LogP contribution in [0.25, 0.3) is 0 Å². The molecule has 0 heterocycles. The van der Waals surface area contributed by atoms with Crippen molar-refractivity contribution in [3.63, 3.8) is 0 Å². The molecule has 39 N–H and O–H groups in total. The molecule has 0 fully saturated rings.